The number of aryl methyl sites for hydroxylation is 1. The highest BCUT2D eigenvalue weighted by molar-refractivity contribution is 5.97. The lowest BCUT2D eigenvalue weighted by atomic mass is 9.85. The third-order valence-electron chi connectivity index (χ3n) is 3.92. The fraction of sp³-hybridized carbons (Fsp3) is 0.500. The summed E-state index contributed by atoms with van der Waals surface area (Å²) in [5.74, 6) is 0.0689. The molecule has 4 heteroatoms. The van der Waals surface area contributed by atoms with Gasteiger partial charge in [-0.15, -0.1) is 0 Å². The minimum absolute atomic E-state index is 0.0663. The Balaban J connectivity index is 2.18. The van der Waals surface area contributed by atoms with E-state index in [1.165, 1.54) is 0 Å². The number of phenols is 1. The summed E-state index contributed by atoms with van der Waals surface area (Å²) in [4.78, 5) is 12.3. The molecule has 1 aromatic carbocycles. The molecule has 1 fully saturated rings. The summed E-state index contributed by atoms with van der Waals surface area (Å²) in [5.41, 5.74) is 6.54. The van der Waals surface area contributed by atoms with Gasteiger partial charge in [0.15, 0.2) is 0 Å². The maximum Gasteiger partial charge on any atom is 0.231 e. The number of hydrogen-bond donors (Lipinski definition) is 3. The molecule has 98 valence electrons. The summed E-state index contributed by atoms with van der Waals surface area (Å²) < 4.78 is 0. The number of anilines is 1. The zero-order valence-corrected chi connectivity index (χ0v) is 10.7. The van der Waals surface area contributed by atoms with E-state index in [0.29, 0.717) is 12.2 Å². The van der Waals surface area contributed by atoms with Gasteiger partial charge in [0, 0.05) is 6.54 Å². The molecule has 1 amide bonds. The van der Waals surface area contributed by atoms with Crippen molar-refractivity contribution in [2.24, 2.45) is 11.1 Å². The Labute approximate surface area is 107 Å². The Morgan fingerprint density at radius 2 is 2.11 bits per heavy atom. The Hall–Kier alpha value is -1.55. The molecule has 0 atom stereocenters. The molecule has 0 aromatic heterocycles. The summed E-state index contributed by atoms with van der Waals surface area (Å²) in [6, 6.07) is 5.33. The van der Waals surface area contributed by atoms with Crippen LogP contribution in [0.3, 0.4) is 0 Å². The van der Waals surface area contributed by atoms with Crippen molar-refractivity contribution in [3.05, 3.63) is 23.8 Å². The van der Waals surface area contributed by atoms with Crippen molar-refractivity contribution in [1.82, 2.24) is 0 Å². The van der Waals surface area contributed by atoms with E-state index in [0.717, 1.165) is 31.2 Å². The van der Waals surface area contributed by atoms with Crippen LogP contribution < -0.4 is 11.1 Å². The zero-order valence-electron chi connectivity index (χ0n) is 10.7. The van der Waals surface area contributed by atoms with Crippen LogP contribution in [-0.2, 0) is 4.79 Å². The number of carbonyl (C=O) groups excluding carboxylic acids is 1. The van der Waals surface area contributed by atoms with Crippen LogP contribution in [0.1, 0.15) is 31.2 Å². The van der Waals surface area contributed by atoms with E-state index < -0.39 is 5.41 Å². The van der Waals surface area contributed by atoms with Gasteiger partial charge >= 0.3 is 0 Å². The predicted molar refractivity (Wildman–Crippen MR) is 71.4 cm³/mol. The average Bonchev–Trinajstić information content (AvgIpc) is 2.85. The van der Waals surface area contributed by atoms with Crippen molar-refractivity contribution in [1.29, 1.82) is 0 Å². The van der Waals surface area contributed by atoms with Crippen LogP contribution >= 0.6 is 0 Å². The number of nitrogens with two attached hydrogens (primary N) is 1. The fourth-order valence-electron chi connectivity index (χ4n) is 2.59. The molecule has 18 heavy (non-hydrogen) atoms. The largest absolute Gasteiger partial charge is 0.505 e. The normalized spacial score (nSPS) is 17.7. The van der Waals surface area contributed by atoms with E-state index in [-0.39, 0.29) is 11.7 Å². The Morgan fingerprint density at radius 3 is 2.72 bits per heavy atom. The van der Waals surface area contributed by atoms with E-state index in [4.69, 9.17) is 5.73 Å². The quantitative estimate of drug-likeness (QED) is 0.717. The molecule has 0 bridgehead atoms. The van der Waals surface area contributed by atoms with Crippen LogP contribution in [0.4, 0.5) is 5.69 Å². The predicted octanol–water partition coefficient (Wildman–Crippen LogP) is 2.16. The molecule has 1 aliphatic rings. The molecule has 2 rings (SSSR count). The Bertz CT molecular complexity index is 451. The maximum atomic E-state index is 12.3. The van der Waals surface area contributed by atoms with Gasteiger partial charge in [0.2, 0.25) is 5.91 Å². The number of nitrogens with one attached hydrogen (secondary N) is 1. The number of carbonyl (C=O) groups is 1. The van der Waals surface area contributed by atoms with Gasteiger partial charge in [-0.25, -0.2) is 0 Å². The van der Waals surface area contributed by atoms with Gasteiger partial charge in [-0.2, -0.15) is 0 Å². The third kappa shape index (κ3) is 2.20. The lowest BCUT2D eigenvalue weighted by Crippen LogP contribution is -2.40. The number of rotatable bonds is 3. The Morgan fingerprint density at radius 1 is 1.44 bits per heavy atom. The van der Waals surface area contributed by atoms with Crippen molar-refractivity contribution in [3.8, 4) is 5.75 Å². The van der Waals surface area contributed by atoms with Crippen LogP contribution in [0.15, 0.2) is 18.2 Å². The second-order valence-electron chi connectivity index (χ2n) is 5.12. The summed E-state index contributed by atoms with van der Waals surface area (Å²) in [6.45, 7) is 2.17. The lowest BCUT2D eigenvalue weighted by molar-refractivity contribution is -0.124. The molecule has 0 heterocycles. The number of aromatic hydroxyl groups is 1. The SMILES string of the molecule is Cc1cccc(NC(=O)C2(CN)CCCC2)c1O. The molecule has 0 saturated heterocycles. The van der Waals surface area contributed by atoms with Crippen molar-refractivity contribution < 1.29 is 9.90 Å². The minimum atomic E-state index is -0.448. The molecule has 0 spiro atoms. The van der Waals surface area contributed by atoms with Gasteiger partial charge in [-0.3, -0.25) is 4.79 Å². The summed E-state index contributed by atoms with van der Waals surface area (Å²) in [5, 5.41) is 12.7. The number of phenolic OH excluding ortho intramolecular Hbond substituents is 1. The molecular formula is C14H20N2O2. The maximum absolute atomic E-state index is 12.3. The first-order valence-corrected chi connectivity index (χ1v) is 6.39. The van der Waals surface area contributed by atoms with Crippen molar-refractivity contribution in [2.75, 3.05) is 11.9 Å². The summed E-state index contributed by atoms with van der Waals surface area (Å²) in [6.07, 6.45) is 3.76. The molecular weight excluding hydrogens is 228 g/mol. The number of benzene rings is 1. The Kier molecular flexibility index (Phi) is 3.57. The average molecular weight is 248 g/mol. The van der Waals surface area contributed by atoms with Crippen LogP contribution in [0.5, 0.6) is 5.75 Å². The van der Waals surface area contributed by atoms with Crippen LogP contribution in [0, 0.1) is 12.3 Å². The van der Waals surface area contributed by atoms with Gasteiger partial charge in [0.05, 0.1) is 11.1 Å². The highest BCUT2D eigenvalue weighted by atomic mass is 16.3. The molecule has 1 aliphatic carbocycles. The third-order valence-corrected chi connectivity index (χ3v) is 3.92. The van der Waals surface area contributed by atoms with Crippen molar-refractivity contribution in [2.45, 2.75) is 32.6 Å². The lowest BCUT2D eigenvalue weighted by Gasteiger charge is -2.26. The van der Waals surface area contributed by atoms with E-state index in [9.17, 15) is 9.90 Å². The molecule has 4 N–H and O–H groups in total. The minimum Gasteiger partial charge on any atom is -0.505 e. The van der Waals surface area contributed by atoms with Crippen molar-refractivity contribution >= 4 is 11.6 Å². The number of amides is 1. The first kappa shape index (κ1) is 12.9. The second kappa shape index (κ2) is 4.98. The molecule has 0 radical (unpaired) electrons. The monoisotopic (exact) mass is 248 g/mol. The summed E-state index contributed by atoms with van der Waals surface area (Å²) >= 11 is 0. The van der Waals surface area contributed by atoms with Gasteiger partial charge < -0.3 is 16.2 Å². The van der Waals surface area contributed by atoms with Gasteiger partial charge in [0.1, 0.15) is 5.75 Å². The van der Waals surface area contributed by atoms with Gasteiger partial charge in [-0.05, 0) is 31.4 Å². The zero-order chi connectivity index (χ0) is 13.2. The fourth-order valence-corrected chi connectivity index (χ4v) is 2.59. The molecule has 0 aliphatic heterocycles. The van der Waals surface area contributed by atoms with Crippen LogP contribution in [-0.4, -0.2) is 17.6 Å². The number of hydrogen-bond acceptors (Lipinski definition) is 3. The van der Waals surface area contributed by atoms with Gasteiger partial charge in [-0.1, -0.05) is 25.0 Å². The highest BCUT2D eigenvalue weighted by Gasteiger charge is 2.40. The van der Waals surface area contributed by atoms with E-state index in [1.54, 1.807) is 19.1 Å². The molecule has 0 unspecified atom stereocenters. The van der Waals surface area contributed by atoms with Crippen LogP contribution in [0.25, 0.3) is 0 Å². The highest BCUT2D eigenvalue weighted by Crippen LogP contribution is 2.39. The topological polar surface area (TPSA) is 75.4 Å². The van der Waals surface area contributed by atoms with Gasteiger partial charge in [0.25, 0.3) is 0 Å². The first-order valence-electron chi connectivity index (χ1n) is 6.39. The number of para-hydroxylation sites is 1. The van der Waals surface area contributed by atoms with E-state index in [1.807, 2.05) is 6.07 Å². The smallest absolute Gasteiger partial charge is 0.231 e. The van der Waals surface area contributed by atoms with Crippen LogP contribution in [0.2, 0.25) is 0 Å². The van der Waals surface area contributed by atoms with E-state index >= 15 is 0 Å². The van der Waals surface area contributed by atoms with E-state index in [2.05, 4.69) is 5.32 Å². The van der Waals surface area contributed by atoms with Crippen molar-refractivity contribution in [3.63, 3.8) is 0 Å². The second-order valence-corrected chi connectivity index (χ2v) is 5.12. The first-order chi connectivity index (χ1) is 8.59. The standard InChI is InChI=1S/C14H20N2O2/c1-10-5-4-6-11(12(10)17)16-13(18)14(9-15)7-2-3-8-14/h4-6,17H,2-3,7-9,15H2,1H3,(H,16,18). The summed E-state index contributed by atoms with van der Waals surface area (Å²) in [7, 11) is 0. The molecule has 1 aromatic rings. The molecule has 4 nitrogen and oxygen atoms in total. The molecule has 1 saturated carbocycles.